The largest absolute Gasteiger partial charge is 0.279 e. The van der Waals surface area contributed by atoms with E-state index in [1.165, 1.54) is 6.07 Å². The summed E-state index contributed by atoms with van der Waals surface area (Å²) in [7, 11) is 0. The molecule has 0 radical (unpaired) electrons. The number of benzene rings is 1. The lowest BCUT2D eigenvalue weighted by Gasteiger charge is -2.28. The molecule has 0 spiro atoms. The molecule has 0 saturated carbocycles. The van der Waals surface area contributed by atoms with Crippen LogP contribution in [0.2, 0.25) is 0 Å². The molecule has 23 heavy (non-hydrogen) atoms. The topological polar surface area (TPSA) is 0 Å². The van der Waals surface area contributed by atoms with Crippen molar-refractivity contribution in [2.45, 2.75) is 71.6 Å². The highest BCUT2D eigenvalue weighted by atomic mass is 19.3. The number of aryl methyl sites for hydroxylation is 1. The minimum Gasteiger partial charge on any atom is -0.203 e. The molecule has 0 aliphatic heterocycles. The number of fused-ring (bicyclic) bond motifs is 1. The summed E-state index contributed by atoms with van der Waals surface area (Å²) in [5.41, 5.74) is -0.153. The SMILES string of the molecule is CCCc1cc2c(c(F)c1F)C(F)(F)C(C(CCC)CCC)C2. The van der Waals surface area contributed by atoms with Crippen LogP contribution in [0.3, 0.4) is 0 Å². The predicted molar refractivity (Wildman–Crippen MR) is 84.7 cm³/mol. The second kappa shape index (κ2) is 7.23. The van der Waals surface area contributed by atoms with E-state index in [1.807, 2.05) is 20.8 Å². The molecule has 1 atom stereocenters. The first kappa shape index (κ1) is 18.3. The quantitative estimate of drug-likeness (QED) is 0.508. The Labute approximate surface area is 136 Å². The van der Waals surface area contributed by atoms with Crippen LogP contribution < -0.4 is 0 Å². The summed E-state index contributed by atoms with van der Waals surface area (Å²) in [4.78, 5) is 0. The molecular formula is C19H26F4. The zero-order chi connectivity index (χ0) is 17.2. The molecule has 2 rings (SSSR count). The first-order valence-electron chi connectivity index (χ1n) is 8.76. The molecule has 0 amide bonds. The standard InChI is InChI=1S/C19H26F4/c1-4-7-12(8-5-2)15-11-14-10-13(9-6-3)17(20)18(21)16(14)19(15,22)23/h10,12,15H,4-9,11H2,1-3H3. The zero-order valence-corrected chi connectivity index (χ0v) is 14.2. The van der Waals surface area contributed by atoms with E-state index in [0.29, 0.717) is 31.2 Å². The third kappa shape index (κ3) is 3.27. The minimum atomic E-state index is -3.28. The third-order valence-electron chi connectivity index (χ3n) is 5.01. The smallest absolute Gasteiger partial charge is 0.203 e. The molecule has 0 bridgehead atoms. The van der Waals surface area contributed by atoms with Gasteiger partial charge in [0, 0.05) is 5.92 Å². The van der Waals surface area contributed by atoms with Crippen molar-refractivity contribution in [1.29, 1.82) is 0 Å². The fourth-order valence-electron chi connectivity index (χ4n) is 4.01. The second-order valence-electron chi connectivity index (χ2n) is 6.72. The summed E-state index contributed by atoms with van der Waals surface area (Å²) >= 11 is 0. The molecule has 0 fully saturated rings. The Morgan fingerprint density at radius 1 is 1.04 bits per heavy atom. The van der Waals surface area contributed by atoms with Crippen LogP contribution >= 0.6 is 0 Å². The van der Waals surface area contributed by atoms with Gasteiger partial charge in [-0.05, 0) is 29.9 Å². The van der Waals surface area contributed by atoms with Crippen molar-refractivity contribution >= 4 is 0 Å². The number of halogens is 4. The van der Waals surface area contributed by atoms with Crippen LogP contribution in [0, 0.1) is 23.5 Å². The number of hydrogen-bond acceptors (Lipinski definition) is 0. The average molecular weight is 330 g/mol. The van der Waals surface area contributed by atoms with Crippen molar-refractivity contribution in [2.24, 2.45) is 11.8 Å². The monoisotopic (exact) mass is 330 g/mol. The van der Waals surface area contributed by atoms with Crippen LogP contribution in [-0.4, -0.2) is 0 Å². The molecule has 0 N–H and O–H groups in total. The van der Waals surface area contributed by atoms with Crippen LogP contribution in [-0.2, 0) is 18.8 Å². The number of hydrogen-bond donors (Lipinski definition) is 0. The molecule has 0 nitrogen and oxygen atoms in total. The molecule has 130 valence electrons. The summed E-state index contributed by atoms with van der Waals surface area (Å²) in [6.45, 7) is 5.81. The molecule has 1 unspecified atom stereocenters. The molecule has 0 saturated heterocycles. The molecule has 0 heterocycles. The number of alkyl halides is 2. The second-order valence-corrected chi connectivity index (χ2v) is 6.72. The van der Waals surface area contributed by atoms with Gasteiger partial charge in [-0.2, -0.15) is 0 Å². The maximum Gasteiger partial charge on any atom is 0.279 e. The van der Waals surface area contributed by atoms with Gasteiger partial charge in [-0.15, -0.1) is 0 Å². The van der Waals surface area contributed by atoms with Crippen molar-refractivity contribution in [3.8, 4) is 0 Å². The van der Waals surface area contributed by atoms with Gasteiger partial charge in [0.1, 0.15) is 0 Å². The van der Waals surface area contributed by atoms with Crippen molar-refractivity contribution in [3.63, 3.8) is 0 Å². The predicted octanol–water partition coefficient (Wildman–Crippen LogP) is 6.40. The molecule has 1 aromatic carbocycles. The fraction of sp³-hybridized carbons (Fsp3) is 0.684. The highest BCUT2D eigenvalue weighted by Gasteiger charge is 2.53. The Kier molecular flexibility index (Phi) is 5.74. The molecular weight excluding hydrogens is 304 g/mol. The zero-order valence-electron chi connectivity index (χ0n) is 14.2. The van der Waals surface area contributed by atoms with Crippen LogP contribution in [0.25, 0.3) is 0 Å². The van der Waals surface area contributed by atoms with Gasteiger partial charge in [-0.1, -0.05) is 58.9 Å². The van der Waals surface area contributed by atoms with Gasteiger partial charge < -0.3 is 0 Å². The highest BCUT2D eigenvalue weighted by Crippen LogP contribution is 2.52. The lowest BCUT2D eigenvalue weighted by atomic mass is 9.81. The van der Waals surface area contributed by atoms with Gasteiger partial charge in [0.05, 0.1) is 5.56 Å². The highest BCUT2D eigenvalue weighted by molar-refractivity contribution is 5.42. The third-order valence-corrected chi connectivity index (χ3v) is 5.01. The van der Waals surface area contributed by atoms with Crippen molar-refractivity contribution < 1.29 is 17.6 Å². The van der Waals surface area contributed by atoms with Gasteiger partial charge in [0.2, 0.25) is 0 Å². The maximum absolute atomic E-state index is 14.9. The Balaban J connectivity index is 2.45. The summed E-state index contributed by atoms with van der Waals surface area (Å²) in [5, 5.41) is 0. The Hall–Kier alpha value is -1.06. The van der Waals surface area contributed by atoms with Crippen LogP contribution in [0.15, 0.2) is 6.07 Å². The molecule has 1 aliphatic carbocycles. The van der Waals surface area contributed by atoms with E-state index in [1.54, 1.807) is 0 Å². The van der Waals surface area contributed by atoms with Crippen LogP contribution in [0.5, 0.6) is 0 Å². The van der Waals surface area contributed by atoms with Crippen LogP contribution in [0.1, 0.15) is 69.6 Å². The van der Waals surface area contributed by atoms with Gasteiger partial charge in [0.15, 0.2) is 11.6 Å². The van der Waals surface area contributed by atoms with E-state index in [-0.39, 0.29) is 17.9 Å². The first-order valence-corrected chi connectivity index (χ1v) is 8.76. The summed E-state index contributed by atoms with van der Waals surface area (Å²) in [6.07, 6.45) is 4.24. The normalized spacial score (nSPS) is 19.4. The van der Waals surface area contributed by atoms with Gasteiger partial charge in [-0.3, -0.25) is 0 Å². The first-order chi connectivity index (χ1) is 10.9. The lowest BCUT2D eigenvalue weighted by molar-refractivity contribution is -0.0797. The number of rotatable bonds is 7. The Morgan fingerprint density at radius 3 is 2.17 bits per heavy atom. The van der Waals surface area contributed by atoms with E-state index in [0.717, 1.165) is 12.8 Å². The molecule has 1 aliphatic rings. The van der Waals surface area contributed by atoms with E-state index in [4.69, 9.17) is 0 Å². The van der Waals surface area contributed by atoms with E-state index < -0.39 is 29.0 Å². The average Bonchev–Trinajstić information content (AvgIpc) is 2.75. The van der Waals surface area contributed by atoms with Gasteiger partial charge in [-0.25, -0.2) is 17.6 Å². The van der Waals surface area contributed by atoms with Crippen molar-refractivity contribution in [3.05, 3.63) is 34.4 Å². The molecule has 0 aromatic heterocycles. The Morgan fingerprint density at radius 2 is 1.65 bits per heavy atom. The summed E-state index contributed by atoms with van der Waals surface area (Å²) in [5.74, 6) is -6.76. The molecule has 1 aromatic rings. The summed E-state index contributed by atoms with van der Waals surface area (Å²) < 4.78 is 58.1. The molecule has 4 heteroatoms. The van der Waals surface area contributed by atoms with Crippen LogP contribution in [0.4, 0.5) is 17.6 Å². The van der Waals surface area contributed by atoms with Gasteiger partial charge in [0.25, 0.3) is 5.92 Å². The van der Waals surface area contributed by atoms with Crippen molar-refractivity contribution in [1.82, 2.24) is 0 Å². The maximum atomic E-state index is 14.9. The lowest BCUT2D eigenvalue weighted by Crippen LogP contribution is -2.29. The van der Waals surface area contributed by atoms with Crippen molar-refractivity contribution in [2.75, 3.05) is 0 Å². The van der Waals surface area contributed by atoms with E-state index in [2.05, 4.69) is 0 Å². The van der Waals surface area contributed by atoms with E-state index >= 15 is 0 Å². The van der Waals surface area contributed by atoms with Gasteiger partial charge >= 0.3 is 0 Å². The Bertz CT molecular complexity index is 545. The van der Waals surface area contributed by atoms with E-state index in [9.17, 15) is 17.6 Å². The summed E-state index contributed by atoms with van der Waals surface area (Å²) in [6, 6.07) is 1.47. The minimum absolute atomic E-state index is 0.149. The fourth-order valence-corrected chi connectivity index (χ4v) is 4.01.